The highest BCUT2D eigenvalue weighted by Gasteiger charge is 2.27. The van der Waals surface area contributed by atoms with Crippen molar-refractivity contribution in [2.45, 2.75) is 0 Å². The van der Waals surface area contributed by atoms with Crippen LogP contribution in [0.3, 0.4) is 0 Å². The van der Waals surface area contributed by atoms with E-state index in [4.69, 9.17) is 9.97 Å². The summed E-state index contributed by atoms with van der Waals surface area (Å²) in [6.07, 6.45) is 0. The Hall–Kier alpha value is -20.2. The van der Waals surface area contributed by atoms with Crippen LogP contribution in [0, 0.1) is 0 Å². The molecule has 700 valence electrons. The lowest BCUT2D eigenvalue weighted by atomic mass is 9.98. The highest BCUT2D eigenvalue weighted by Crippen LogP contribution is 2.48. The maximum atomic E-state index is 5.20. The van der Waals surface area contributed by atoms with Gasteiger partial charge in [0.25, 0.3) is 0 Å². The number of hydrogen-bond donors (Lipinski definition) is 0. The van der Waals surface area contributed by atoms with Crippen LogP contribution in [0.15, 0.2) is 546 Å². The minimum Gasteiger partial charge on any atom is -0.309 e. The third-order valence-corrected chi connectivity index (χ3v) is 30.7. The number of fused-ring (bicyclic) bond motifs is 20. The van der Waals surface area contributed by atoms with Gasteiger partial charge in [0.2, 0.25) is 0 Å². The van der Waals surface area contributed by atoms with E-state index in [1.165, 1.54) is 153 Å². The fourth-order valence-corrected chi connectivity index (χ4v) is 23.8. The van der Waals surface area contributed by atoms with Crippen molar-refractivity contribution in [3.63, 3.8) is 0 Å². The fraction of sp³-hybridized carbons (Fsp3) is 0. The first-order chi connectivity index (χ1) is 74.4. The van der Waals surface area contributed by atoms with Crippen molar-refractivity contribution in [2.75, 3.05) is 0 Å². The van der Waals surface area contributed by atoms with Crippen molar-refractivity contribution in [1.82, 2.24) is 46.5 Å². The Balaban J connectivity index is 0.000000142. The quantitative estimate of drug-likeness (QED) is 0.103. The van der Waals surface area contributed by atoms with Crippen LogP contribution in [0.2, 0.25) is 0 Å². The lowest BCUT2D eigenvalue weighted by Crippen LogP contribution is -1.98. The topological polar surface area (TPSA) is 65.2 Å². The molecule has 0 aliphatic heterocycles. The SMILES string of the molecule is c1ccc(-c2ccc3c(c2)c2cc(-c4ccc5c(c4)c4cc(-c6ccccc6)ccc4n5-c4ccc5c(c4)c4cc(-c6ccccc6)ccc4n5-c4ccccc4)ccc2n3-c2ccc(-c3nc4ccccc4n3-c3ccccc3)cc2)cc1.c1ccc(-n2c(-c3ccc(-n4c5ccccc5c5cc(-c6ccc7c(c6)c6ccccc6n7-c6ccc7c(c6)c6ccccc6n7-c6ccccc6)ccc54)cc3)nc3ccccc32)cc1. The molecule has 0 N–H and O–H groups in total. The zero-order chi connectivity index (χ0) is 98.5. The molecule has 0 saturated carbocycles. The first-order valence-electron chi connectivity index (χ1n) is 51.3. The molecule has 0 fully saturated rings. The molecular weight excluding hydrogens is 1820 g/mol. The molecule has 10 nitrogen and oxygen atoms in total. The average Bonchev–Trinajstić information content (AvgIpc) is 1.56. The van der Waals surface area contributed by atoms with Gasteiger partial charge in [-0.05, 0) is 316 Å². The standard InChI is InChI=1S/C79H51N5.C61H39N5/c1-6-18-52(19-7-1)56-32-40-72-65(46-56)67-49-59(35-43-73(67)82(72)63-37-30-55(31-38-63)79-80-71-28-16-17-29-78(71)84(79)62-26-14-5-15-27-62)60-36-44-76-68(50-60)66-47-57(53-20-8-2-9-21-53)34-42-75(66)83(76)64-39-45-77-70(51-64)69-48-58(54-22-10-3-11-23-54)33-41-74(69)81(77)61-24-12-4-13-25-61;1-3-15-43(16-4-1)63-55-24-12-9-21-49(55)52-39-46(33-36-59(52)63)65-56-25-13-8-20-48(56)51-38-42(30-35-58(51)65)41-29-34-57-50(37-41)47-19-7-11-23-54(47)64(57)45-31-27-40(28-32-45)61-62-53-22-10-14-26-60(53)66(61)44-17-5-2-6-18-44/h1-51H;1-39H. The van der Waals surface area contributed by atoms with E-state index < -0.39 is 0 Å². The number of rotatable bonds is 15. The normalized spacial score (nSPS) is 11.9. The van der Waals surface area contributed by atoms with Crippen LogP contribution >= 0.6 is 0 Å². The van der Waals surface area contributed by atoms with E-state index in [0.29, 0.717) is 0 Å². The Morgan fingerprint density at radius 1 is 0.100 bits per heavy atom. The van der Waals surface area contributed by atoms with Crippen molar-refractivity contribution in [3.8, 4) is 124 Å². The van der Waals surface area contributed by atoms with Crippen LogP contribution in [-0.4, -0.2) is 46.5 Å². The fourth-order valence-electron chi connectivity index (χ4n) is 23.8. The average molecular weight is 1910 g/mol. The minimum absolute atomic E-state index is 0.913. The third kappa shape index (κ3) is 13.9. The maximum Gasteiger partial charge on any atom is 0.145 e. The number of benzene rings is 23. The molecule has 31 aromatic rings. The van der Waals surface area contributed by atoms with Crippen LogP contribution in [0.1, 0.15) is 0 Å². The van der Waals surface area contributed by atoms with E-state index in [2.05, 4.69) is 583 Å². The number of para-hydroxylation sites is 11. The van der Waals surface area contributed by atoms with E-state index in [9.17, 15) is 0 Å². The van der Waals surface area contributed by atoms with Crippen LogP contribution < -0.4 is 0 Å². The summed E-state index contributed by atoms with van der Waals surface area (Å²) < 4.78 is 19.0. The molecule has 150 heavy (non-hydrogen) atoms. The van der Waals surface area contributed by atoms with Crippen LogP contribution in [0.25, 0.3) is 277 Å². The maximum absolute atomic E-state index is 5.20. The van der Waals surface area contributed by atoms with Gasteiger partial charge in [-0.2, -0.15) is 0 Å². The van der Waals surface area contributed by atoms with Crippen molar-refractivity contribution < 1.29 is 0 Å². The van der Waals surface area contributed by atoms with Crippen LogP contribution in [-0.2, 0) is 0 Å². The Morgan fingerprint density at radius 2 is 0.273 bits per heavy atom. The smallest absolute Gasteiger partial charge is 0.145 e. The Kier molecular flexibility index (Phi) is 19.8. The first kappa shape index (κ1) is 85.4. The molecule has 0 atom stereocenters. The summed E-state index contributed by atoms with van der Waals surface area (Å²) in [6.45, 7) is 0. The summed E-state index contributed by atoms with van der Waals surface area (Å²) in [4.78, 5) is 10.3. The highest BCUT2D eigenvalue weighted by molar-refractivity contribution is 6.19. The van der Waals surface area contributed by atoms with E-state index in [-0.39, 0.29) is 0 Å². The molecule has 0 radical (unpaired) electrons. The van der Waals surface area contributed by atoms with Gasteiger partial charge in [-0.3, -0.25) is 9.13 Å². The Bertz CT molecular complexity index is 10800. The number of hydrogen-bond acceptors (Lipinski definition) is 2. The van der Waals surface area contributed by atoms with Gasteiger partial charge in [0.15, 0.2) is 0 Å². The van der Waals surface area contributed by atoms with Gasteiger partial charge >= 0.3 is 0 Å². The molecule has 0 aliphatic carbocycles. The summed E-state index contributed by atoms with van der Waals surface area (Å²) in [7, 11) is 0. The van der Waals surface area contributed by atoms with Gasteiger partial charge < -0.3 is 27.4 Å². The second-order valence-electron chi connectivity index (χ2n) is 39.1. The first-order valence-corrected chi connectivity index (χ1v) is 51.3. The van der Waals surface area contributed by atoms with E-state index in [0.717, 1.165) is 124 Å². The second-order valence-corrected chi connectivity index (χ2v) is 39.1. The molecule has 23 aromatic carbocycles. The molecule has 8 heterocycles. The van der Waals surface area contributed by atoms with Crippen LogP contribution in [0.4, 0.5) is 0 Å². The second kappa shape index (κ2) is 34.8. The Morgan fingerprint density at radius 3 is 0.553 bits per heavy atom. The summed E-state index contributed by atoms with van der Waals surface area (Å²) in [6, 6.07) is 198. The lowest BCUT2D eigenvalue weighted by molar-refractivity contribution is 1.10. The molecule has 0 saturated heterocycles. The monoisotopic (exact) mass is 1910 g/mol. The predicted octanol–water partition coefficient (Wildman–Crippen LogP) is 36.3. The molecule has 0 aliphatic rings. The lowest BCUT2D eigenvalue weighted by Gasteiger charge is -2.12. The third-order valence-electron chi connectivity index (χ3n) is 30.7. The van der Waals surface area contributed by atoms with Crippen LogP contribution in [0.5, 0.6) is 0 Å². The summed E-state index contributed by atoms with van der Waals surface area (Å²) in [5.74, 6) is 1.84. The predicted molar refractivity (Wildman–Crippen MR) is 626 cm³/mol. The molecule has 31 rings (SSSR count). The molecule has 8 aromatic heterocycles. The van der Waals surface area contributed by atoms with Gasteiger partial charge in [-0.1, -0.05) is 285 Å². The van der Waals surface area contributed by atoms with Gasteiger partial charge in [0.05, 0.1) is 88.3 Å². The molecule has 0 amide bonds. The largest absolute Gasteiger partial charge is 0.309 e. The van der Waals surface area contributed by atoms with E-state index in [1.807, 2.05) is 0 Å². The zero-order valence-corrected chi connectivity index (χ0v) is 81.4. The number of aromatic nitrogens is 10. The summed E-state index contributed by atoms with van der Waals surface area (Å²) in [5, 5.41) is 14.6. The number of imidazole rings is 2. The molecular formula is C140H90N10. The van der Waals surface area contributed by atoms with Crippen molar-refractivity contribution in [1.29, 1.82) is 0 Å². The van der Waals surface area contributed by atoms with Gasteiger partial charge in [0, 0.05) is 121 Å². The molecule has 10 heteroatoms. The minimum atomic E-state index is 0.913. The van der Waals surface area contributed by atoms with Crippen molar-refractivity contribution in [2.24, 2.45) is 0 Å². The zero-order valence-electron chi connectivity index (χ0n) is 81.4. The summed E-state index contributed by atoms with van der Waals surface area (Å²) >= 11 is 0. The molecule has 0 spiro atoms. The van der Waals surface area contributed by atoms with Gasteiger partial charge in [-0.25, -0.2) is 9.97 Å². The van der Waals surface area contributed by atoms with E-state index in [1.54, 1.807) is 0 Å². The Labute approximate surface area is 863 Å². The van der Waals surface area contributed by atoms with Gasteiger partial charge in [0.1, 0.15) is 11.6 Å². The van der Waals surface area contributed by atoms with Crippen molar-refractivity contribution in [3.05, 3.63) is 546 Å². The molecule has 0 bridgehead atoms. The highest BCUT2D eigenvalue weighted by atomic mass is 15.1. The van der Waals surface area contributed by atoms with Gasteiger partial charge in [-0.15, -0.1) is 0 Å². The van der Waals surface area contributed by atoms with Crippen molar-refractivity contribution >= 4 is 153 Å². The summed E-state index contributed by atoms with van der Waals surface area (Å²) in [5.41, 5.74) is 41.1. The van der Waals surface area contributed by atoms with E-state index >= 15 is 0 Å². The molecule has 0 unspecified atom stereocenters. The number of nitrogens with zero attached hydrogens (tertiary/aromatic N) is 10.